The predicted molar refractivity (Wildman–Crippen MR) is 138 cm³/mol. The van der Waals surface area contributed by atoms with Crippen LogP contribution in [0.4, 0.5) is 0 Å². The Hall–Kier alpha value is -4.13. The Morgan fingerprint density at radius 3 is 2.31 bits per heavy atom. The van der Waals surface area contributed by atoms with Crippen LogP contribution in [0.2, 0.25) is 0 Å². The molecule has 0 unspecified atom stereocenters. The molecule has 0 fully saturated rings. The van der Waals surface area contributed by atoms with Gasteiger partial charge in [-0.2, -0.15) is 5.21 Å². The monoisotopic (exact) mass is 464 g/mol. The number of tetrazole rings is 1. The molecule has 5 rings (SSSR count). The number of hydrogen-bond acceptors (Lipinski definition) is 5. The summed E-state index contributed by atoms with van der Waals surface area (Å²) in [6.45, 7) is 8.67. The number of aromatic amines is 1. The molecule has 7 heteroatoms. The molecule has 0 spiro atoms. The fourth-order valence-corrected chi connectivity index (χ4v) is 4.69. The van der Waals surface area contributed by atoms with Gasteiger partial charge in [-0.25, -0.2) is 0 Å². The third-order valence-electron chi connectivity index (χ3n) is 6.74. The van der Waals surface area contributed by atoms with Crippen LogP contribution in [0.15, 0.2) is 59.4 Å². The molecule has 35 heavy (non-hydrogen) atoms. The van der Waals surface area contributed by atoms with Crippen LogP contribution in [-0.4, -0.2) is 30.2 Å². The zero-order valence-electron chi connectivity index (χ0n) is 20.5. The van der Waals surface area contributed by atoms with E-state index in [0.29, 0.717) is 12.4 Å². The Balaban J connectivity index is 1.58. The normalized spacial score (nSPS) is 11.3. The van der Waals surface area contributed by atoms with Gasteiger partial charge in [0.1, 0.15) is 0 Å². The lowest BCUT2D eigenvalue weighted by atomic mass is 9.98. The molecule has 5 aromatic rings. The summed E-state index contributed by atoms with van der Waals surface area (Å²) in [7, 11) is 0. The van der Waals surface area contributed by atoms with E-state index in [1.807, 2.05) is 42.7 Å². The number of fused-ring (bicyclic) bond motifs is 1. The first kappa shape index (κ1) is 22.7. The van der Waals surface area contributed by atoms with Crippen LogP contribution >= 0.6 is 0 Å². The van der Waals surface area contributed by atoms with Gasteiger partial charge in [-0.3, -0.25) is 9.78 Å². The third kappa shape index (κ3) is 4.03. The second-order valence-electron chi connectivity index (χ2n) is 8.78. The summed E-state index contributed by atoms with van der Waals surface area (Å²) < 4.78 is 1.90. The molecule has 176 valence electrons. The van der Waals surface area contributed by atoms with Gasteiger partial charge in [0, 0.05) is 27.9 Å². The maximum atomic E-state index is 13.4. The molecule has 0 saturated carbocycles. The van der Waals surface area contributed by atoms with Gasteiger partial charge in [0.05, 0.1) is 12.1 Å². The Bertz CT molecular complexity index is 1570. The summed E-state index contributed by atoms with van der Waals surface area (Å²) in [5.41, 5.74) is 8.96. The quantitative estimate of drug-likeness (QED) is 0.381. The number of benzene rings is 2. The van der Waals surface area contributed by atoms with Gasteiger partial charge in [0.25, 0.3) is 5.56 Å². The highest BCUT2D eigenvalue weighted by atomic mass is 16.1. The van der Waals surface area contributed by atoms with Crippen molar-refractivity contribution in [1.82, 2.24) is 30.2 Å². The van der Waals surface area contributed by atoms with Crippen molar-refractivity contribution in [2.75, 3.05) is 0 Å². The van der Waals surface area contributed by atoms with E-state index in [-0.39, 0.29) is 5.56 Å². The lowest BCUT2D eigenvalue weighted by Gasteiger charge is -2.18. The van der Waals surface area contributed by atoms with E-state index in [0.717, 1.165) is 68.5 Å². The SMILES string of the molecule is CCc1cc2c(c(CC)n1)c(C)c(C)c(=O)n2Cc1ccc(-c2ccccc2-c2nn[nH]n2)cc1. The summed E-state index contributed by atoms with van der Waals surface area (Å²) in [5, 5.41) is 15.6. The lowest BCUT2D eigenvalue weighted by Crippen LogP contribution is -2.25. The molecule has 0 aliphatic rings. The minimum Gasteiger partial charge on any atom is -0.303 e. The van der Waals surface area contributed by atoms with Crippen molar-refractivity contribution in [2.45, 2.75) is 47.1 Å². The summed E-state index contributed by atoms with van der Waals surface area (Å²) in [6, 6.07) is 18.4. The molecule has 2 aromatic carbocycles. The fraction of sp³-hybridized carbons (Fsp3) is 0.250. The first-order valence-corrected chi connectivity index (χ1v) is 12.0. The van der Waals surface area contributed by atoms with Crippen LogP contribution in [-0.2, 0) is 19.4 Å². The molecule has 3 aromatic heterocycles. The number of H-pyrrole nitrogens is 1. The smallest absolute Gasteiger partial charge is 0.254 e. The van der Waals surface area contributed by atoms with Crippen LogP contribution in [0.1, 0.15) is 41.9 Å². The molecule has 0 atom stereocenters. The van der Waals surface area contributed by atoms with E-state index in [1.54, 1.807) is 0 Å². The Morgan fingerprint density at radius 2 is 1.66 bits per heavy atom. The molecule has 0 radical (unpaired) electrons. The summed E-state index contributed by atoms with van der Waals surface area (Å²) >= 11 is 0. The van der Waals surface area contributed by atoms with Gasteiger partial charge in [-0.15, -0.1) is 10.2 Å². The number of nitrogens with one attached hydrogen (secondary N) is 1. The van der Waals surface area contributed by atoms with E-state index in [4.69, 9.17) is 4.98 Å². The third-order valence-corrected chi connectivity index (χ3v) is 6.74. The molecule has 1 N–H and O–H groups in total. The molecule has 7 nitrogen and oxygen atoms in total. The van der Waals surface area contributed by atoms with Gasteiger partial charge in [-0.1, -0.05) is 62.4 Å². The van der Waals surface area contributed by atoms with E-state index in [9.17, 15) is 4.79 Å². The maximum absolute atomic E-state index is 13.4. The summed E-state index contributed by atoms with van der Waals surface area (Å²) in [5.74, 6) is 0.560. The van der Waals surface area contributed by atoms with Crippen molar-refractivity contribution >= 4 is 10.9 Å². The second-order valence-corrected chi connectivity index (χ2v) is 8.78. The van der Waals surface area contributed by atoms with E-state index in [2.05, 4.69) is 64.8 Å². The average Bonchev–Trinajstić information content (AvgIpc) is 3.44. The highest BCUT2D eigenvalue weighted by Gasteiger charge is 2.16. The van der Waals surface area contributed by atoms with Gasteiger partial charge >= 0.3 is 0 Å². The zero-order valence-corrected chi connectivity index (χ0v) is 20.5. The highest BCUT2D eigenvalue weighted by Crippen LogP contribution is 2.30. The fourth-order valence-electron chi connectivity index (χ4n) is 4.69. The zero-order chi connectivity index (χ0) is 24.5. The van der Waals surface area contributed by atoms with E-state index >= 15 is 0 Å². The Kier molecular flexibility index (Phi) is 5.99. The van der Waals surface area contributed by atoms with Crippen molar-refractivity contribution in [3.63, 3.8) is 0 Å². The number of hydrogen-bond donors (Lipinski definition) is 1. The lowest BCUT2D eigenvalue weighted by molar-refractivity contribution is 0.781. The van der Waals surface area contributed by atoms with E-state index in [1.165, 1.54) is 0 Å². The molecule has 0 amide bonds. The first-order valence-electron chi connectivity index (χ1n) is 12.0. The van der Waals surface area contributed by atoms with Gasteiger partial charge in [0.2, 0.25) is 5.82 Å². The minimum absolute atomic E-state index is 0.0526. The first-order chi connectivity index (χ1) is 17.0. The number of aromatic nitrogens is 6. The topological polar surface area (TPSA) is 89.4 Å². The van der Waals surface area contributed by atoms with Crippen molar-refractivity contribution in [3.8, 4) is 22.5 Å². The second kappa shape index (κ2) is 9.25. The van der Waals surface area contributed by atoms with Crippen molar-refractivity contribution in [2.24, 2.45) is 0 Å². The Morgan fingerprint density at radius 1 is 0.914 bits per heavy atom. The van der Waals surface area contributed by atoms with Crippen LogP contribution in [0.25, 0.3) is 33.4 Å². The van der Waals surface area contributed by atoms with Gasteiger partial charge in [0.15, 0.2) is 0 Å². The maximum Gasteiger partial charge on any atom is 0.254 e. The molecule has 3 heterocycles. The van der Waals surface area contributed by atoms with Crippen molar-refractivity contribution < 1.29 is 0 Å². The van der Waals surface area contributed by atoms with Crippen LogP contribution in [0.5, 0.6) is 0 Å². The number of rotatable bonds is 6. The predicted octanol–water partition coefficient (Wildman–Crippen LogP) is 5.03. The van der Waals surface area contributed by atoms with Gasteiger partial charge < -0.3 is 4.57 Å². The molecule has 0 bridgehead atoms. The van der Waals surface area contributed by atoms with E-state index < -0.39 is 0 Å². The Labute approximate surface area is 203 Å². The molecule has 0 aliphatic heterocycles. The number of aryl methyl sites for hydroxylation is 3. The van der Waals surface area contributed by atoms with Gasteiger partial charge in [-0.05, 0) is 60.2 Å². The number of pyridine rings is 2. The minimum atomic E-state index is 0.0526. The van der Waals surface area contributed by atoms with Crippen LogP contribution in [0.3, 0.4) is 0 Å². The highest BCUT2D eigenvalue weighted by molar-refractivity contribution is 5.86. The van der Waals surface area contributed by atoms with Crippen molar-refractivity contribution in [1.29, 1.82) is 0 Å². The molecule has 0 saturated heterocycles. The van der Waals surface area contributed by atoms with Crippen LogP contribution < -0.4 is 5.56 Å². The van der Waals surface area contributed by atoms with Crippen molar-refractivity contribution in [3.05, 3.63) is 93.0 Å². The summed E-state index contributed by atoms with van der Waals surface area (Å²) in [6.07, 6.45) is 1.66. The van der Waals surface area contributed by atoms with Crippen LogP contribution in [0, 0.1) is 13.8 Å². The molecule has 0 aliphatic carbocycles. The molecular weight excluding hydrogens is 436 g/mol. The standard InChI is InChI=1S/C28H28N6O/c1-5-21-15-25-26(24(6-2)29-21)17(3)18(4)28(35)34(25)16-19-11-13-20(14-12-19)22-9-7-8-10-23(22)27-30-32-33-31-27/h7-15H,5-6,16H2,1-4H3,(H,30,31,32,33). The summed E-state index contributed by atoms with van der Waals surface area (Å²) in [4.78, 5) is 18.3. The average molecular weight is 465 g/mol. The number of nitrogens with zero attached hydrogens (tertiary/aromatic N) is 5. The largest absolute Gasteiger partial charge is 0.303 e. The molecular formula is C28H28N6O.